The number of rotatable bonds is 2. The SMILES string of the molecule is c1cc(-c2ccc3c(c2)-c2ccccc2-c2ccccc2-c2ccccc2-3)cc(-n2c3ccccc3c3c4c(ccc32)sc2ccccc24)c1. The molecule has 50 heavy (non-hydrogen) atoms. The molecule has 0 aliphatic heterocycles. The molecule has 0 unspecified atom stereocenters. The summed E-state index contributed by atoms with van der Waals surface area (Å²) in [5, 5.41) is 5.31. The molecule has 0 saturated heterocycles. The van der Waals surface area contributed by atoms with Gasteiger partial charge in [0.25, 0.3) is 0 Å². The zero-order valence-electron chi connectivity index (χ0n) is 27.1. The van der Waals surface area contributed by atoms with Crippen LogP contribution in [0.4, 0.5) is 0 Å². The molecule has 0 fully saturated rings. The second-order valence-corrected chi connectivity index (χ2v) is 14.3. The summed E-state index contributed by atoms with van der Waals surface area (Å²) in [5.74, 6) is 0. The van der Waals surface area contributed by atoms with Crippen molar-refractivity contribution in [1.29, 1.82) is 0 Å². The lowest BCUT2D eigenvalue weighted by molar-refractivity contribution is 1.18. The van der Waals surface area contributed by atoms with Crippen molar-refractivity contribution in [3.8, 4) is 61.3 Å². The first kappa shape index (κ1) is 27.7. The third-order valence-electron chi connectivity index (χ3n) is 10.6. The minimum atomic E-state index is 1.17. The fraction of sp³-hybridized carbons (Fsp3) is 0. The highest BCUT2D eigenvalue weighted by atomic mass is 32.1. The van der Waals surface area contributed by atoms with Crippen molar-refractivity contribution in [1.82, 2.24) is 4.57 Å². The molecule has 0 atom stereocenters. The van der Waals surface area contributed by atoms with Crippen LogP contribution in [-0.2, 0) is 0 Å². The molecule has 1 nitrogen and oxygen atoms in total. The van der Waals surface area contributed by atoms with E-state index in [1.54, 1.807) is 0 Å². The summed E-state index contributed by atoms with van der Waals surface area (Å²) in [5.41, 5.74) is 16.2. The van der Waals surface area contributed by atoms with Gasteiger partial charge in [0.05, 0.1) is 11.0 Å². The lowest BCUT2D eigenvalue weighted by atomic mass is 9.80. The van der Waals surface area contributed by atoms with E-state index < -0.39 is 0 Å². The van der Waals surface area contributed by atoms with Gasteiger partial charge >= 0.3 is 0 Å². The molecule has 1 aliphatic rings. The van der Waals surface area contributed by atoms with Gasteiger partial charge in [-0.1, -0.05) is 133 Å². The van der Waals surface area contributed by atoms with Gasteiger partial charge in [0.1, 0.15) is 0 Å². The number of hydrogen-bond acceptors (Lipinski definition) is 1. The van der Waals surface area contributed by atoms with Gasteiger partial charge in [-0.3, -0.25) is 0 Å². The Labute approximate surface area is 293 Å². The molecule has 0 radical (unpaired) electrons. The summed E-state index contributed by atoms with van der Waals surface area (Å²) < 4.78 is 5.12. The smallest absolute Gasteiger partial charge is 0.0548 e. The van der Waals surface area contributed by atoms with E-state index in [1.165, 1.54) is 103 Å². The number of hydrogen-bond donors (Lipinski definition) is 0. The van der Waals surface area contributed by atoms with Gasteiger partial charge in [0.15, 0.2) is 0 Å². The number of nitrogens with zero attached hydrogens (tertiary/aromatic N) is 1. The lowest BCUT2D eigenvalue weighted by Gasteiger charge is -2.23. The number of benzene rings is 8. The van der Waals surface area contributed by atoms with Crippen molar-refractivity contribution in [2.45, 2.75) is 0 Å². The van der Waals surface area contributed by atoms with Gasteiger partial charge in [0.2, 0.25) is 0 Å². The van der Waals surface area contributed by atoms with E-state index in [-0.39, 0.29) is 0 Å². The maximum Gasteiger partial charge on any atom is 0.0548 e. The molecule has 232 valence electrons. The quantitative estimate of drug-likeness (QED) is 0.175. The lowest BCUT2D eigenvalue weighted by Crippen LogP contribution is -1.97. The first-order valence-electron chi connectivity index (χ1n) is 17.2. The van der Waals surface area contributed by atoms with Crippen LogP contribution in [0.1, 0.15) is 0 Å². The van der Waals surface area contributed by atoms with Gasteiger partial charge < -0.3 is 4.57 Å². The van der Waals surface area contributed by atoms with Crippen LogP contribution < -0.4 is 0 Å². The predicted octanol–water partition coefficient (Wildman–Crippen LogP) is 13.8. The van der Waals surface area contributed by atoms with Crippen molar-refractivity contribution in [3.05, 3.63) is 176 Å². The third kappa shape index (κ3) is 3.94. The van der Waals surface area contributed by atoms with Crippen molar-refractivity contribution in [3.63, 3.8) is 0 Å². The first-order valence-corrected chi connectivity index (χ1v) is 18.0. The highest BCUT2D eigenvalue weighted by molar-refractivity contribution is 7.26. The van der Waals surface area contributed by atoms with Crippen LogP contribution in [-0.4, -0.2) is 4.57 Å². The topological polar surface area (TPSA) is 4.93 Å². The molecular weight excluding hydrogens is 623 g/mol. The average Bonchev–Trinajstić information content (AvgIpc) is 3.73. The van der Waals surface area contributed by atoms with E-state index in [9.17, 15) is 0 Å². The summed E-state index contributed by atoms with van der Waals surface area (Å²) in [4.78, 5) is 0. The van der Waals surface area contributed by atoms with Crippen LogP contribution in [0.3, 0.4) is 0 Å². The Kier molecular flexibility index (Phi) is 5.89. The molecule has 0 spiro atoms. The van der Waals surface area contributed by atoms with Gasteiger partial charge in [-0.2, -0.15) is 0 Å². The Morgan fingerprint density at radius 1 is 0.320 bits per heavy atom. The Morgan fingerprint density at radius 2 is 0.880 bits per heavy atom. The van der Waals surface area contributed by atoms with Gasteiger partial charge in [0, 0.05) is 36.6 Å². The standard InChI is InChI=1S/C48H29NS/c1-2-15-34-33(14-1)35-16-3-4-18-37(35)39-25-24-31(29-42(39)38-19-6-5-17-36(34)38)30-12-11-13-32(28-30)49-43-22-9-7-20-40(43)47-44(49)26-27-46-48(47)41-21-8-10-23-45(41)50-46/h1-29H. The minimum Gasteiger partial charge on any atom is -0.309 e. The molecule has 0 amide bonds. The summed E-state index contributed by atoms with van der Waals surface area (Å²) in [7, 11) is 0. The number of para-hydroxylation sites is 1. The van der Waals surface area contributed by atoms with Crippen molar-refractivity contribution in [2.75, 3.05) is 0 Å². The predicted molar refractivity (Wildman–Crippen MR) is 214 cm³/mol. The van der Waals surface area contributed by atoms with Gasteiger partial charge in [-0.15, -0.1) is 11.3 Å². The Balaban J connectivity index is 1.14. The van der Waals surface area contributed by atoms with Gasteiger partial charge in [-0.05, 0) is 98.1 Å². The van der Waals surface area contributed by atoms with E-state index in [0.717, 1.165) is 0 Å². The highest BCUT2D eigenvalue weighted by Crippen LogP contribution is 2.49. The van der Waals surface area contributed by atoms with Crippen LogP contribution in [0, 0.1) is 0 Å². The number of aromatic nitrogens is 1. The molecule has 2 heterocycles. The summed E-state index contributed by atoms with van der Waals surface area (Å²) in [6, 6.07) is 65.0. The highest BCUT2D eigenvalue weighted by Gasteiger charge is 2.22. The van der Waals surface area contributed by atoms with Crippen molar-refractivity contribution >= 4 is 53.3 Å². The van der Waals surface area contributed by atoms with Crippen molar-refractivity contribution in [2.24, 2.45) is 0 Å². The van der Waals surface area contributed by atoms with E-state index in [0.29, 0.717) is 0 Å². The Morgan fingerprint density at radius 3 is 1.58 bits per heavy atom. The van der Waals surface area contributed by atoms with E-state index in [4.69, 9.17) is 0 Å². The molecule has 2 heteroatoms. The van der Waals surface area contributed by atoms with Crippen LogP contribution in [0.2, 0.25) is 0 Å². The number of thiophene rings is 1. The summed E-state index contributed by atoms with van der Waals surface area (Å²) in [6.45, 7) is 0. The second-order valence-electron chi connectivity index (χ2n) is 13.2. The molecule has 10 aromatic rings. The van der Waals surface area contributed by atoms with E-state index in [2.05, 4.69) is 180 Å². The van der Waals surface area contributed by atoms with Crippen LogP contribution in [0.15, 0.2) is 176 Å². The molecule has 0 N–H and O–H groups in total. The zero-order valence-corrected chi connectivity index (χ0v) is 27.9. The summed E-state index contributed by atoms with van der Waals surface area (Å²) in [6.07, 6.45) is 0. The molecule has 0 bridgehead atoms. The minimum absolute atomic E-state index is 1.17. The molecule has 1 aliphatic carbocycles. The largest absolute Gasteiger partial charge is 0.309 e. The second kappa shape index (κ2) is 10.6. The number of fused-ring (bicyclic) bond motifs is 15. The Hall–Kier alpha value is -6.22. The van der Waals surface area contributed by atoms with Crippen LogP contribution in [0.25, 0.3) is 103 Å². The van der Waals surface area contributed by atoms with Crippen LogP contribution >= 0.6 is 11.3 Å². The first-order chi connectivity index (χ1) is 24.8. The fourth-order valence-corrected chi connectivity index (χ4v) is 9.53. The zero-order chi connectivity index (χ0) is 32.8. The molecule has 8 aromatic carbocycles. The average molecular weight is 652 g/mol. The molecule has 2 aromatic heterocycles. The van der Waals surface area contributed by atoms with E-state index >= 15 is 0 Å². The Bertz CT molecular complexity index is 2990. The maximum atomic E-state index is 2.45. The van der Waals surface area contributed by atoms with Crippen molar-refractivity contribution < 1.29 is 0 Å². The molecular formula is C48H29NS. The van der Waals surface area contributed by atoms with Gasteiger partial charge in [-0.25, -0.2) is 0 Å². The maximum absolute atomic E-state index is 2.45. The monoisotopic (exact) mass is 651 g/mol. The molecule has 0 saturated carbocycles. The molecule has 11 rings (SSSR count). The third-order valence-corrected chi connectivity index (χ3v) is 11.7. The van der Waals surface area contributed by atoms with Crippen LogP contribution in [0.5, 0.6) is 0 Å². The summed E-state index contributed by atoms with van der Waals surface area (Å²) >= 11 is 1.88. The fourth-order valence-electron chi connectivity index (χ4n) is 8.42. The van der Waals surface area contributed by atoms with E-state index in [1.807, 2.05) is 11.3 Å². The normalized spacial score (nSPS) is 12.0.